The topological polar surface area (TPSA) is 99.5 Å². The monoisotopic (exact) mass is 499 g/mol. The minimum Gasteiger partial charge on any atom is -0.451 e. The fraction of sp³-hybridized carbons (Fsp3) is 0.0833. The van der Waals surface area contributed by atoms with E-state index in [0.29, 0.717) is 5.69 Å². The Morgan fingerprint density at radius 1 is 1.00 bits per heavy atom. The Kier molecular flexibility index (Phi) is 7.02. The lowest BCUT2D eigenvalue weighted by atomic mass is 10.1. The lowest BCUT2D eigenvalue weighted by Crippen LogP contribution is -2.26. The first kappa shape index (κ1) is 23.8. The number of alkyl halides is 2. The lowest BCUT2D eigenvalue weighted by Gasteiger charge is -2.11. The van der Waals surface area contributed by atoms with Crippen molar-refractivity contribution in [2.24, 2.45) is 0 Å². The molecule has 3 aromatic carbocycles. The third-order valence-electron chi connectivity index (χ3n) is 4.77. The van der Waals surface area contributed by atoms with E-state index in [1.54, 1.807) is 54.6 Å². The van der Waals surface area contributed by atoms with Crippen molar-refractivity contribution in [3.8, 4) is 11.4 Å². The van der Waals surface area contributed by atoms with Crippen LogP contribution < -0.4 is 15.6 Å². The van der Waals surface area contributed by atoms with Crippen LogP contribution >= 0.6 is 11.6 Å². The summed E-state index contributed by atoms with van der Waals surface area (Å²) in [5.74, 6) is -1.88. The van der Waals surface area contributed by atoms with Crippen LogP contribution in [0.15, 0.2) is 77.6 Å². The van der Waals surface area contributed by atoms with Crippen LogP contribution in [0.1, 0.15) is 10.5 Å². The Labute approximate surface area is 201 Å². The van der Waals surface area contributed by atoms with Crippen molar-refractivity contribution in [3.63, 3.8) is 0 Å². The average molecular weight is 500 g/mol. The number of hydrogen-bond acceptors (Lipinski definition) is 6. The summed E-state index contributed by atoms with van der Waals surface area (Å²) in [6.07, 6.45) is 0. The van der Waals surface area contributed by atoms with Crippen LogP contribution in [0.3, 0.4) is 0 Å². The molecule has 4 rings (SSSR count). The van der Waals surface area contributed by atoms with Crippen LogP contribution in [-0.2, 0) is 9.53 Å². The standard InChI is InChI=1S/C24H16ClF2N3O5/c25-18-12-14(10-11-19(18)35-24(26)27)28-20(31)13-34-23(33)21-16-8-4-5-9-17(16)22(32)30(29-21)15-6-2-1-3-7-15/h1-12,24H,13H2,(H,28,31). The molecule has 0 aliphatic carbocycles. The molecule has 0 unspecified atom stereocenters. The maximum Gasteiger partial charge on any atom is 0.387 e. The smallest absolute Gasteiger partial charge is 0.387 e. The second-order valence-electron chi connectivity index (χ2n) is 7.09. The van der Waals surface area contributed by atoms with Crippen molar-refractivity contribution < 1.29 is 27.8 Å². The van der Waals surface area contributed by atoms with Gasteiger partial charge in [-0.3, -0.25) is 9.59 Å². The molecule has 0 spiro atoms. The van der Waals surface area contributed by atoms with E-state index in [0.717, 1.165) is 4.68 Å². The van der Waals surface area contributed by atoms with E-state index in [-0.39, 0.29) is 32.9 Å². The zero-order valence-corrected chi connectivity index (χ0v) is 18.5. The number of hydrogen-bond donors (Lipinski definition) is 1. The average Bonchev–Trinajstić information content (AvgIpc) is 2.85. The number of nitrogens with one attached hydrogen (secondary N) is 1. The zero-order chi connectivity index (χ0) is 24.9. The molecule has 0 aliphatic heterocycles. The van der Waals surface area contributed by atoms with Gasteiger partial charge in [0.15, 0.2) is 12.3 Å². The number of fused-ring (bicyclic) bond motifs is 1. The van der Waals surface area contributed by atoms with Gasteiger partial charge in [0.25, 0.3) is 11.5 Å². The van der Waals surface area contributed by atoms with Crippen LogP contribution in [0.4, 0.5) is 14.5 Å². The van der Waals surface area contributed by atoms with Crippen LogP contribution in [0, 0.1) is 0 Å². The van der Waals surface area contributed by atoms with Crippen molar-refractivity contribution >= 4 is 39.9 Å². The predicted octanol–water partition coefficient (Wildman–Crippen LogP) is 4.44. The molecule has 1 N–H and O–H groups in total. The summed E-state index contributed by atoms with van der Waals surface area (Å²) in [6, 6.07) is 18.6. The maximum absolute atomic E-state index is 12.9. The summed E-state index contributed by atoms with van der Waals surface area (Å²) < 4.78 is 35.1. The molecule has 1 amide bonds. The minimum atomic E-state index is -3.05. The summed E-state index contributed by atoms with van der Waals surface area (Å²) in [7, 11) is 0. The molecule has 0 bridgehead atoms. The number of aromatic nitrogens is 2. The number of para-hydroxylation sites is 1. The number of esters is 1. The molecule has 8 nitrogen and oxygen atoms in total. The van der Waals surface area contributed by atoms with Crippen LogP contribution in [0.25, 0.3) is 16.5 Å². The van der Waals surface area contributed by atoms with Gasteiger partial charge in [-0.15, -0.1) is 0 Å². The fourth-order valence-electron chi connectivity index (χ4n) is 3.25. The molecular formula is C24H16ClF2N3O5. The predicted molar refractivity (Wildman–Crippen MR) is 124 cm³/mol. The summed E-state index contributed by atoms with van der Waals surface area (Å²) in [5, 5.41) is 7.00. The van der Waals surface area contributed by atoms with Crippen molar-refractivity contribution in [1.29, 1.82) is 0 Å². The molecule has 1 aromatic heterocycles. The number of ether oxygens (including phenoxy) is 2. The summed E-state index contributed by atoms with van der Waals surface area (Å²) in [6.45, 7) is -3.72. The van der Waals surface area contributed by atoms with Gasteiger partial charge in [-0.25, -0.2) is 4.79 Å². The lowest BCUT2D eigenvalue weighted by molar-refractivity contribution is -0.119. The second kappa shape index (κ2) is 10.3. The van der Waals surface area contributed by atoms with Crippen molar-refractivity contribution in [1.82, 2.24) is 9.78 Å². The molecular weight excluding hydrogens is 484 g/mol. The molecule has 0 fully saturated rings. The molecule has 178 valence electrons. The molecule has 35 heavy (non-hydrogen) atoms. The van der Waals surface area contributed by atoms with Gasteiger partial charge in [-0.1, -0.05) is 48.0 Å². The molecule has 0 atom stereocenters. The first-order valence-corrected chi connectivity index (χ1v) is 10.5. The van der Waals surface area contributed by atoms with Crippen LogP contribution in [0.2, 0.25) is 5.02 Å². The van der Waals surface area contributed by atoms with Gasteiger partial charge in [0.05, 0.1) is 16.1 Å². The Morgan fingerprint density at radius 2 is 1.69 bits per heavy atom. The molecule has 0 aliphatic rings. The van der Waals surface area contributed by atoms with Crippen LogP contribution in [-0.4, -0.2) is 34.9 Å². The fourth-order valence-corrected chi connectivity index (χ4v) is 3.48. The molecule has 0 radical (unpaired) electrons. The van der Waals surface area contributed by atoms with Crippen molar-refractivity contribution in [2.45, 2.75) is 6.61 Å². The Bertz CT molecular complexity index is 1460. The maximum atomic E-state index is 12.9. The molecule has 0 saturated carbocycles. The highest BCUT2D eigenvalue weighted by Gasteiger charge is 2.20. The SMILES string of the molecule is O=C(COC(=O)c1nn(-c2ccccc2)c(=O)c2ccccc12)Nc1ccc(OC(F)F)c(Cl)c1. The van der Waals surface area contributed by atoms with Gasteiger partial charge in [-0.05, 0) is 36.4 Å². The van der Waals surface area contributed by atoms with Gasteiger partial charge < -0.3 is 14.8 Å². The van der Waals surface area contributed by atoms with Gasteiger partial charge in [-0.2, -0.15) is 18.6 Å². The number of halogens is 3. The van der Waals surface area contributed by atoms with Crippen molar-refractivity contribution in [3.05, 3.63) is 93.9 Å². The Morgan fingerprint density at radius 3 is 2.37 bits per heavy atom. The third-order valence-corrected chi connectivity index (χ3v) is 5.06. The molecule has 4 aromatic rings. The van der Waals surface area contributed by atoms with Gasteiger partial charge in [0.2, 0.25) is 0 Å². The Balaban J connectivity index is 1.52. The number of carbonyl (C=O) groups is 2. The largest absolute Gasteiger partial charge is 0.451 e. The van der Waals surface area contributed by atoms with E-state index in [1.807, 2.05) is 0 Å². The van der Waals surface area contributed by atoms with Gasteiger partial charge >= 0.3 is 12.6 Å². The quantitative estimate of drug-likeness (QED) is 0.377. The third kappa shape index (κ3) is 5.44. The van der Waals surface area contributed by atoms with E-state index in [2.05, 4.69) is 15.2 Å². The number of amides is 1. The summed E-state index contributed by atoms with van der Waals surface area (Å²) in [4.78, 5) is 38.0. The summed E-state index contributed by atoms with van der Waals surface area (Å²) in [5.41, 5.74) is 0.0655. The van der Waals surface area contributed by atoms with E-state index in [4.69, 9.17) is 16.3 Å². The highest BCUT2D eigenvalue weighted by atomic mass is 35.5. The number of nitrogens with zero attached hydrogens (tertiary/aromatic N) is 2. The van der Waals surface area contributed by atoms with Crippen LogP contribution in [0.5, 0.6) is 5.75 Å². The minimum absolute atomic E-state index is 0.140. The highest BCUT2D eigenvalue weighted by Crippen LogP contribution is 2.29. The number of carbonyl (C=O) groups excluding carboxylic acids is 2. The normalized spacial score (nSPS) is 10.9. The Hall–Kier alpha value is -4.31. The van der Waals surface area contributed by atoms with E-state index in [1.165, 1.54) is 18.2 Å². The number of benzene rings is 3. The second-order valence-corrected chi connectivity index (χ2v) is 7.50. The molecule has 1 heterocycles. The molecule has 0 saturated heterocycles. The summed E-state index contributed by atoms with van der Waals surface area (Å²) >= 11 is 5.87. The van der Waals surface area contributed by atoms with Gasteiger partial charge in [0.1, 0.15) is 5.75 Å². The van der Waals surface area contributed by atoms with Crippen molar-refractivity contribution in [2.75, 3.05) is 11.9 Å². The van der Waals surface area contributed by atoms with Gasteiger partial charge in [0, 0.05) is 11.1 Å². The van der Waals surface area contributed by atoms with E-state index in [9.17, 15) is 23.2 Å². The molecule has 11 heteroatoms. The number of anilines is 1. The zero-order valence-electron chi connectivity index (χ0n) is 17.8. The first-order chi connectivity index (χ1) is 16.8. The van der Waals surface area contributed by atoms with E-state index < -0.39 is 30.7 Å². The highest BCUT2D eigenvalue weighted by molar-refractivity contribution is 6.32. The first-order valence-electron chi connectivity index (χ1n) is 10.1. The number of rotatable bonds is 7. The van der Waals surface area contributed by atoms with E-state index >= 15 is 0 Å².